The van der Waals surface area contributed by atoms with Crippen LogP contribution in [0.25, 0.3) is 10.2 Å². The van der Waals surface area contributed by atoms with Crippen LogP contribution in [0, 0.1) is 0 Å². The lowest BCUT2D eigenvalue weighted by Gasteiger charge is -2.23. The second-order valence-electron chi connectivity index (χ2n) is 7.30. The molecular formula is C21H24N3O2S2+. The first kappa shape index (κ1) is 18.4. The fourth-order valence-corrected chi connectivity index (χ4v) is 6.29. The molecule has 0 saturated carbocycles. The van der Waals surface area contributed by atoms with Crippen LogP contribution < -0.4 is 9.64 Å². The average Bonchev–Trinajstić information content (AvgIpc) is 3.30. The molecule has 1 aromatic carbocycles. The van der Waals surface area contributed by atoms with Gasteiger partial charge in [-0.15, -0.1) is 11.3 Å². The summed E-state index contributed by atoms with van der Waals surface area (Å²) in [6.45, 7) is 4.60. The molecule has 0 radical (unpaired) electrons. The summed E-state index contributed by atoms with van der Waals surface area (Å²) < 4.78 is 10.8. The minimum Gasteiger partial charge on any atom is -0.497 e. The lowest BCUT2D eigenvalue weighted by molar-refractivity contribution is -0.922. The van der Waals surface area contributed by atoms with Crippen LogP contribution in [0.3, 0.4) is 0 Å². The molecule has 1 saturated heterocycles. The molecule has 0 amide bonds. The monoisotopic (exact) mass is 414 g/mol. The van der Waals surface area contributed by atoms with Gasteiger partial charge in [-0.1, -0.05) is 11.8 Å². The fourth-order valence-electron chi connectivity index (χ4n) is 3.97. The van der Waals surface area contributed by atoms with Crippen LogP contribution in [0.4, 0.5) is 0 Å². The summed E-state index contributed by atoms with van der Waals surface area (Å²) in [6.07, 6.45) is 3.60. The van der Waals surface area contributed by atoms with E-state index in [2.05, 4.69) is 12.1 Å². The van der Waals surface area contributed by atoms with Crippen LogP contribution in [0.15, 0.2) is 34.2 Å². The van der Waals surface area contributed by atoms with Crippen molar-refractivity contribution in [3.05, 3.63) is 40.5 Å². The highest BCUT2D eigenvalue weighted by molar-refractivity contribution is 7.99. The highest BCUT2D eigenvalue weighted by Crippen LogP contribution is 2.42. The number of methoxy groups -OCH3 is 1. The van der Waals surface area contributed by atoms with E-state index in [0.717, 1.165) is 55.9 Å². The van der Waals surface area contributed by atoms with Crippen LogP contribution in [0.5, 0.6) is 5.75 Å². The van der Waals surface area contributed by atoms with Crippen molar-refractivity contribution < 1.29 is 14.4 Å². The van der Waals surface area contributed by atoms with E-state index in [1.54, 1.807) is 18.9 Å². The lowest BCUT2D eigenvalue weighted by Crippen LogP contribution is -3.12. The molecule has 3 aromatic rings. The Morgan fingerprint density at radius 1 is 1.14 bits per heavy atom. The van der Waals surface area contributed by atoms with E-state index in [1.165, 1.54) is 43.3 Å². The van der Waals surface area contributed by atoms with Crippen LogP contribution in [0.1, 0.15) is 22.7 Å². The highest BCUT2D eigenvalue weighted by atomic mass is 32.2. The topological polar surface area (TPSA) is 48.7 Å². The second-order valence-corrected chi connectivity index (χ2v) is 9.45. The van der Waals surface area contributed by atoms with Gasteiger partial charge in [0.1, 0.15) is 35.2 Å². The first-order chi connectivity index (χ1) is 13.8. The number of nitrogens with zero attached hydrogens (tertiary/aromatic N) is 2. The predicted molar refractivity (Wildman–Crippen MR) is 112 cm³/mol. The Labute approximate surface area is 173 Å². The summed E-state index contributed by atoms with van der Waals surface area (Å²) in [5, 5.41) is 2.40. The highest BCUT2D eigenvalue weighted by Gasteiger charge is 2.24. The van der Waals surface area contributed by atoms with Crippen molar-refractivity contribution in [2.75, 3.05) is 33.4 Å². The molecule has 5 rings (SSSR count). The van der Waals surface area contributed by atoms with Crippen molar-refractivity contribution in [1.82, 2.24) is 9.97 Å². The van der Waals surface area contributed by atoms with Gasteiger partial charge >= 0.3 is 0 Å². The van der Waals surface area contributed by atoms with Gasteiger partial charge in [-0.2, -0.15) is 0 Å². The second kappa shape index (κ2) is 7.99. The van der Waals surface area contributed by atoms with Crippen molar-refractivity contribution in [1.29, 1.82) is 0 Å². The third-order valence-corrected chi connectivity index (χ3v) is 7.64. The third-order valence-electron chi connectivity index (χ3n) is 5.46. The van der Waals surface area contributed by atoms with E-state index in [1.807, 2.05) is 23.5 Å². The number of quaternary nitrogens is 1. The summed E-state index contributed by atoms with van der Waals surface area (Å²) in [4.78, 5) is 15.4. The van der Waals surface area contributed by atoms with Crippen molar-refractivity contribution in [3.8, 4) is 5.75 Å². The van der Waals surface area contributed by atoms with Crippen LogP contribution in [0.2, 0.25) is 0 Å². The predicted octanol–water partition coefficient (Wildman–Crippen LogP) is 2.75. The molecular weight excluding hydrogens is 390 g/mol. The Morgan fingerprint density at radius 2 is 1.96 bits per heavy atom. The number of hydrogen-bond donors (Lipinski definition) is 1. The maximum atomic E-state index is 5.50. The summed E-state index contributed by atoms with van der Waals surface area (Å²) in [6, 6.07) is 8.24. The van der Waals surface area contributed by atoms with E-state index in [-0.39, 0.29) is 0 Å². The summed E-state index contributed by atoms with van der Waals surface area (Å²) >= 11 is 3.62. The number of morpholine rings is 1. The molecule has 0 unspecified atom stereocenters. The number of ether oxygens (including phenoxy) is 2. The molecule has 28 heavy (non-hydrogen) atoms. The van der Waals surface area contributed by atoms with E-state index in [0.29, 0.717) is 0 Å². The standard InChI is InChI=1S/C21H23N3O2S2/c1-25-14-5-7-15(8-6-14)27-20-19-16-3-2-4-17(16)28-21(19)23-18(22-20)13-24-9-11-26-12-10-24/h5-8H,2-4,9-13H2,1H3/p+1. The molecule has 1 aliphatic heterocycles. The van der Waals surface area contributed by atoms with Crippen molar-refractivity contribution >= 4 is 33.3 Å². The number of fused-ring (bicyclic) bond motifs is 3. The minimum atomic E-state index is 0.832. The molecule has 1 N–H and O–H groups in total. The molecule has 1 aliphatic carbocycles. The minimum absolute atomic E-state index is 0.832. The Kier molecular flexibility index (Phi) is 5.24. The summed E-state index contributed by atoms with van der Waals surface area (Å²) in [5.74, 6) is 1.84. The number of aryl methyl sites for hydroxylation is 2. The van der Waals surface area contributed by atoms with Crippen LogP contribution in [-0.4, -0.2) is 43.4 Å². The number of nitrogens with one attached hydrogen (secondary N) is 1. The van der Waals surface area contributed by atoms with Crippen molar-refractivity contribution in [2.24, 2.45) is 0 Å². The summed E-state index contributed by atoms with van der Waals surface area (Å²) in [5.41, 5.74) is 1.49. The molecule has 2 aromatic heterocycles. The van der Waals surface area contributed by atoms with Gasteiger partial charge in [0, 0.05) is 15.2 Å². The number of aromatic nitrogens is 2. The largest absolute Gasteiger partial charge is 0.497 e. The Morgan fingerprint density at radius 3 is 2.75 bits per heavy atom. The van der Waals surface area contributed by atoms with E-state index in [4.69, 9.17) is 19.4 Å². The van der Waals surface area contributed by atoms with Gasteiger partial charge in [-0.3, -0.25) is 0 Å². The first-order valence-corrected chi connectivity index (χ1v) is 11.5. The maximum absolute atomic E-state index is 5.50. The lowest BCUT2D eigenvalue weighted by atomic mass is 10.2. The molecule has 2 aliphatic rings. The normalized spacial score (nSPS) is 17.2. The number of hydrogen-bond acceptors (Lipinski definition) is 6. The Balaban J connectivity index is 1.51. The number of benzene rings is 1. The fraction of sp³-hybridized carbons (Fsp3) is 0.429. The average molecular weight is 415 g/mol. The molecule has 0 atom stereocenters. The van der Waals surface area contributed by atoms with Gasteiger partial charge in [0.05, 0.1) is 20.3 Å². The van der Waals surface area contributed by atoms with Gasteiger partial charge in [0.15, 0.2) is 5.82 Å². The zero-order chi connectivity index (χ0) is 18.9. The quantitative estimate of drug-likeness (QED) is 0.651. The van der Waals surface area contributed by atoms with Crippen LogP contribution >= 0.6 is 23.1 Å². The van der Waals surface area contributed by atoms with Gasteiger partial charge in [-0.25, -0.2) is 9.97 Å². The zero-order valence-electron chi connectivity index (χ0n) is 16.0. The van der Waals surface area contributed by atoms with Gasteiger partial charge < -0.3 is 14.4 Å². The molecule has 5 nitrogen and oxygen atoms in total. The third kappa shape index (κ3) is 3.64. The number of rotatable bonds is 5. The van der Waals surface area contributed by atoms with Crippen molar-refractivity contribution in [2.45, 2.75) is 35.7 Å². The van der Waals surface area contributed by atoms with Crippen molar-refractivity contribution in [3.63, 3.8) is 0 Å². The molecule has 0 bridgehead atoms. The maximum Gasteiger partial charge on any atom is 0.186 e. The molecule has 1 fully saturated rings. The smallest absolute Gasteiger partial charge is 0.186 e. The number of thiophene rings is 1. The SMILES string of the molecule is COc1ccc(Sc2nc(C[NH+]3CCOCC3)nc3sc4c(c23)CCC4)cc1. The molecule has 146 valence electrons. The summed E-state index contributed by atoms with van der Waals surface area (Å²) in [7, 11) is 1.70. The molecule has 7 heteroatoms. The van der Waals surface area contributed by atoms with E-state index < -0.39 is 0 Å². The van der Waals surface area contributed by atoms with E-state index in [9.17, 15) is 0 Å². The Bertz CT molecular complexity index is 981. The van der Waals surface area contributed by atoms with E-state index >= 15 is 0 Å². The zero-order valence-corrected chi connectivity index (χ0v) is 17.6. The molecule has 3 heterocycles. The van der Waals surface area contributed by atoms with Crippen LogP contribution in [-0.2, 0) is 24.1 Å². The van der Waals surface area contributed by atoms with Gasteiger partial charge in [0.2, 0.25) is 0 Å². The first-order valence-electron chi connectivity index (χ1n) is 9.84. The van der Waals surface area contributed by atoms with Gasteiger partial charge in [-0.05, 0) is 49.1 Å². The molecule has 0 spiro atoms. The Hall–Kier alpha value is -1.67. The van der Waals surface area contributed by atoms with Gasteiger partial charge in [0.25, 0.3) is 0 Å².